The number of rotatable bonds is 2. The minimum absolute atomic E-state index is 0.260. The van der Waals surface area contributed by atoms with Crippen molar-refractivity contribution in [2.24, 2.45) is 0 Å². The SMILES string of the molecule is O=C1NC[C@]2(CCCN(Cc3ccncc3)CC2)O1. The van der Waals surface area contributed by atoms with E-state index in [1.165, 1.54) is 5.56 Å². The second kappa shape index (κ2) is 5.17. The molecule has 1 spiro atoms. The maximum Gasteiger partial charge on any atom is 0.407 e. The predicted octanol–water partition coefficient (Wildman–Crippen LogP) is 1.55. The number of hydrogen-bond acceptors (Lipinski definition) is 4. The smallest absolute Gasteiger partial charge is 0.407 e. The Balaban J connectivity index is 1.60. The van der Waals surface area contributed by atoms with Gasteiger partial charge in [-0.2, -0.15) is 0 Å². The Labute approximate surface area is 113 Å². The van der Waals surface area contributed by atoms with E-state index in [1.54, 1.807) is 0 Å². The van der Waals surface area contributed by atoms with Crippen LogP contribution in [0.4, 0.5) is 4.79 Å². The molecule has 0 saturated carbocycles. The van der Waals surface area contributed by atoms with Crippen LogP contribution in [0.1, 0.15) is 24.8 Å². The minimum atomic E-state index is -0.261. The molecule has 2 fully saturated rings. The van der Waals surface area contributed by atoms with Gasteiger partial charge in [0, 0.05) is 31.9 Å². The Morgan fingerprint density at radius 1 is 1.32 bits per heavy atom. The molecule has 5 heteroatoms. The van der Waals surface area contributed by atoms with E-state index in [0.717, 1.165) is 38.9 Å². The Bertz CT molecular complexity index is 451. The van der Waals surface area contributed by atoms with Crippen LogP contribution < -0.4 is 5.32 Å². The fourth-order valence-corrected chi connectivity index (χ4v) is 2.91. The molecule has 3 rings (SSSR count). The van der Waals surface area contributed by atoms with Gasteiger partial charge in [-0.1, -0.05) is 0 Å². The number of nitrogens with zero attached hydrogens (tertiary/aromatic N) is 2. The first kappa shape index (κ1) is 12.4. The fraction of sp³-hybridized carbons (Fsp3) is 0.571. The zero-order chi connectivity index (χ0) is 13.1. The number of likely N-dealkylation sites (tertiary alicyclic amines) is 1. The third-order valence-corrected chi connectivity index (χ3v) is 4.01. The van der Waals surface area contributed by atoms with Crippen molar-refractivity contribution in [3.63, 3.8) is 0 Å². The van der Waals surface area contributed by atoms with E-state index in [4.69, 9.17) is 4.74 Å². The Hall–Kier alpha value is -1.62. The Kier molecular flexibility index (Phi) is 3.38. The maximum absolute atomic E-state index is 11.2. The van der Waals surface area contributed by atoms with Crippen molar-refractivity contribution in [3.05, 3.63) is 30.1 Å². The summed E-state index contributed by atoms with van der Waals surface area (Å²) in [4.78, 5) is 17.7. The van der Waals surface area contributed by atoms with Crippen molar-refractivity contribution in [3.8, 4) is 0 Å². The summed E-state index contributed by atoms with van der Waals surface area (Å²) in [6.45, 7) is 3.63. The molecule has 2 saturated heterocycles. The molecule has 1 aromatic heterocycles. The molecule has 0 unspecified atom stereocenters. The number of amides is 1. The minimum Gasteiger partial charge on any atom is -0.441 e. The summed E-state index contributed by atoms with van der Waals surface area (Å²) in [5, 5.41) is 2.78. The van der Waals surface area contributed by atoms with Gasteiger partial charge in [-0.25, -0.2) is 4.79 Å². The van der Waals surface area contributed by atoms with Gasteiger partial charge in [0.25, 0.3) is 0 Å². The largest absolute Gasteiger partial charge is 0.441 e. The van der Waals surface area contributed by atoms with Crippen LogP contribution in [0, 0.1) is 0 Å². The van der Waals surface area contributed by atoms with Gasteiger partial charge in [-0.15, -0.1) is 0 Å². The highest BCUT2D eigenvalue weighted by molar-refractivity contribution is 5.70. The van der Waals surface area contributed by atoms with Crippen LogP contribution in [-0.4, -0.2) is 41.2 Å². The molecule has 1 atom stereocenters. The van der Waals surface area contributed by atoms with Gasteiger partial charge >= 0.3 is 6.09 Å². The van der Waals surface area contributed by atoms with Crippen molar-refractivity contribution in [2.75, 3.05) is 19.6 Å². The zero-order valence-corrected chi connectivity index (χ0v) is 11.0. The molecule has 2 aliphatic heterocycles. The fourth-order valence-electron chi connectivity index (χ4n) is 2.91. The molecule has 19 heavy (non-hydrogen) atoms. The molecule has 1 amide bonds. The molecule has 1 N–H and O–H groups in total. The van der Waals surface area contributed by atoms with E-state index in [9.17, 15) is 4.79 Å². The Morgan fingerprint density at radius 3 is 2.89 bits per heavy atom. The van der Waals surface area contributed by atoms with Crippen molar-refractivity contribution in [1.82, 2.24) is 15.2 Å². The van der Waals surface area contributed by atoms with Gasteiger partial charge in [-0.3, -0.25) is 9.88 Å². The lowest BCUT2D eigenvalue weighted by molar-refractivity contribution is 0.0443. The second-order valence-electron chi connectivity index (χ2n) is 5.41. The molecule has 3 heterocycles. The number of hydrogen-bond donors (Lipinski definition) is 1. The molecule has 0 aliphatic carbocycles. The number of aromatic nitrogens is 1. The Morgan fingerprint density at radius 2 is 2.16 bits per heavy atom. The topological polar surface area (TPSA) is 54.5 Å². The van der Waals surface area contributed by atoms with Crippen LogP contribution in [0.25, 0.3) is 0 Å². The average Bonchev–Trinajstić information content (AvgIpc) is 2.67. The van der Waals surface area contributed by atoms with Gasteiger partial charge in [0.1, 0.15) is 5.60 Å². The van der Waals surface area contributed by atoms with Crippen LogP contribution >= 0.6 is 0 Å². The summed E-state index contributed by atoms with van der Waals surface area (Å²) in [6, 6.07) is 4.11. The molecular formula is C14H19N3O2. The second-order valence-corrected chi connectivity index (χ2v) is 5.41. The third kappa shape index (κ3) is 2.87. The zero-order valence-electron chi connectivity index (χ0n) is 11.0. The maximum atomic E-state index is 11.2. The van der Waals surface area contributed by atoms with E-state index < -0.39 is 0 Å². The molecule has 102 valence electrons. The van der Waals surface area contributed by atoms with Gasteiger partial charge in [-0.05, 0) is 37.1 Å². The number of ether oxygens (including phenoxy) is 1. The highest BCUT2D eigenvalue weighted by Gasteiger charge is 2.41. The van der Waals surface area contributed by atoms with E-state index >= 15 is 0 Å². The number of pyridine rings is 1. The first-order valence-electron chi connectivity index (χ1n) is 6.84. The van der Waals surface area contributed by atoms with Gasteiger partial charge < -0.3 is 10.1 Å². The summed E-state index contributed by atoms with van der Waals surface area (Å²) in [5.74, 6) is 0. The lowest BCUT2D eigenvalue weighted by atomic mass is 9.95. The number of alkyl carbamates (subject to hydrolysis) is 1. The van der Waals surface area contributed by atoms with Gasteiger partial charge in [0.2, 0.25) is 0 Å². The third-order valence-electron chi connectivity index (χ3n) is 4.01. The number of carbonyl (C=O) groups excluding carboxylic acids is 1. The van der Waals surface area contributed by atoms with Gasteiger partial charge in [0.05, 0.1) is 6.54 Å². The van der Waals surface area contributed by atoms with E-state index in [-0.39, 0.29) is 11.7 Å². The van der Waals surface area contributed by atoms with Crippen LogP contribution in [-0.2, 0) is 11.3 Å². The summed E-state index contributed by atoms with van der Waals surface area (Å²) in [5.41, 5.74) is 1.02. The monoisotopic (exact) mass is 261 g/mol. The summed E-state index contributed by atoms with van der Waals surface area (Å²) >= 11 is 0. The molecule has 0 radical (unpaired) electrons. The quantitative estimate of drug-likeness (QED) is 0.877. The molecule has 0 aromatic carbocycles. The van der Waals surface area contributed by atoms with Crippen molar-refractivity contribution in [1.29, 1.82) is 0 Å². The van der Waals surface area contributed by atoms with E-state index in [2.05, 4.69) is 27.3 Å². The number of nitrogens with one attached hydrogen (secondary N) is 1. The van der Waals surface area contributed by atoms with Crippen LogP contribution in [0.2, 0.25) is 0 Å². The van der Waals surface area contributed by atoms with E-state index in [1.807, 2.05) is 12.4 Å². The normalized spacial score (nSPS) is 27.9. The van der Waals surface area contributed by atoms with Crippen LogP contribution in [0.15, 0.2) is 24.5 Å². The predicted molar refractivity (Wildman–Crippen MR) is 70.6 cm³/mol. The molecule has 0 bridgehead atoms. The lowest BCUT2D eigenvalue weighted by Crippen LogP contribution is -2.34. The molecule has 5 nitrogen and oxygen atoms in total. The highest BCUT2D eigenvalue weighted by atomic mass is 16.6. The molecular weight excluding hydrogens is 242 g/mol. The summed E-state index contributed by atoms with van der Waals surface area (Å²) in [6.07, 6.45) is 6.34. The van der Waals surface area contributed by atoms with Crippen molar-refractivity contribution < 1.29 is 9.53 Å². The average molecular weight is 261 g/mol. The highest BCUT2D eigenvalue weighted by Crippen LogP contribution is 2.29. The van der Waals surface area contributed by atoms with Gasteiger partial charge in [0.15, 0.2) is 0 Å². The lowest BCUT2D eigenvalue weighted by Gasteiger charge is -2.25. The molecule has 1 aromatic rings. The van der Waals surface area contributed by atoms with Crippen LogP contribution in [0.3, 0.4) is 0 Å². The first-order chi connectivity index (χ1) is 9.26. The van der Waals surface area contributed by atoms with Crippen LogP contribution in [0.5, 0.6) is 0 Å². The summed E-state index contributed by atoms with van der Waals surface area (Å²) < 4.78 is 5.48. The summed E-state index contributed by atoms with van der Waals surface area (Å²) in [7, 11) is 0. The standard InChI is InChI=1S/C14H19N3O2/c18-13-16-11-14(19-13)4-1-8-17(9-5-14)10-12-2-6-15-7-3-12/h2-3,6-7H,1,4-5,8-11H2,(H,16,18)/t14-/m1/s1. The van der Waals surface area contributed by atoms with E-state index in [0.29, 0.717) is 6.54 Å². The first-order valence-corrected chi connectivity index (χ1v) is 6.84. The molecule has 2 aliphatic rings. The number of carbonyl (C=O) groups is 1. The van der Waals surface area contributed by atoms with Crippen molar-refractivity contribution in [2.45, 2.75) is 31.4 Å². The van der Waals surface area contributed by atoms with Crippen molar-refractivity contribution >= 4 is 6.09 Å².